The van der Waals surface area contributed by atoms with Crippen LogP contribution in [0.4, 0.5) is 13.6 Å². The van der Waals surface area contributed by atoms with Crippen LogP contribution in [-0.2, 0) is 15.9 Å². The number of pyridine rings is 1. The van der Waals surface area contributed by atoms with Crippen molar-refractivity contribution in [2.75, 3.05) is 26.8 Å². The van der Waals surface area contributed by atoms with Gasteiger partial charge in [-0.3, -0.25) is 0 Å². The lowest BCUT2D eigenvalue weighted by molar-refractivity contribution is -0.0241. The maximum absolute atomic E-state index is 15.4. The van der Waals surface area contributed by atoms with Crippen molar-refractivity contribution in [1.82, 2.24) is 24.3 Å². The molecule has 5 rings (SSSR count). The molecule has 4 aromatic rings. The number of H-pyrrole nitrogens is 1. The van der Waals surface area contributed by atoms with Gasteiger partial charge in [-0.05, 0) is 43.7 Å². The summed E-state index contributed by atoms with van der Waals surface area (Å²) in [7, 11) is 1.33. The van der Waals surface area contributed by atoms with E-state index in [0.29, 0.717) is 48.8 Å². The van der Waals surface area contributed by atoms with Crippen LogP contribution in [0.3, 0.4) is 0 Å². The average molecular weight is 482 g/mol. The molecule has 1 aromatic carbocycles. The number of aryl methyl sites for hydroxylation is 2. The lowest BCUT2D eigenvalue weighted by atomic mass is 10.0. The maximum atomic E-state index is 15.4. The molecule has 1 aliphatic rings. The van der Waals surface area contributed by atoms with Crippen molar-refractivity contribution in [3.63, 3.8) is 0 Å². The fourth-order valence-corrected chi connectivity index (χ4v) is 4.44. The summed E-state index contributed by atoms with van der Waals surface area (Å²) in [5.41, 5.74) is 3.21. The van der Waals surface area contributed by atoms with E-state index in [-0.39, 0.29) is 17.4 Å². The fraction of sp³-hybridized carbons (Fsp3) is 0.320. The van der Waals surface area contributed by atoms with Gasteiger partial charge < -0.3 is 23.8 Å². The van der Waals surface area contributed by atoms with Gasteiger partial charge in [0.05, 0.1) is 43.3 Å². The molecule has 10 heteroatoms. The van der Waals surface area contributed by atoms with E-state index in [0.717, 1.165) is 11.3 Å². The summed E-state index contributed by atoms with van der Waals surface area (Å²) in [6.07, 6.45) is 2.90. The first kappa shape index (κ1) is 23.0. The first-order valence-corrected chi connectivity index (χ1v) is 11.3. The van der Waals surface area contributed by atoms with Gasteiger partial charge in [0.15, 0.2) is 0 Å². The van der Waals surface area contributed by atoms with Crippen molar-refractivity contribution in [1.29, 1.82) is 0 Å². The number of rotatable bonds is 4. The number of nitrogens with zero attached hydrogens (tertiary/aromatic N) is 4. The Kier molecular flexibility index (Phi) is 5.98. The van der Waals surface area contributed by atoms with Crippen molar-refractivity contribution in [3.05, 3.63) is 65.2 Å². The number of hydrogen-bond donors (Lipinski definition) is 1. The lowest BCUT2D eigenvalue weighted by Crippen LogP contribution is -2.46. The summed E-state index contributed by atoms with van der Waals surface area (Å²) < 4.78 is 43.4. The average Bonchev–Trinajstić information content (AvgIpc) is 3.41. The summed E-state index contributed by atoms with van der Waals surface area (Å²) in [5, 5.41) is 0. The van der Waals surface area contributed by atoms with E-state index < -0.39 is 17.7 Å². The number of carbonyl (C=O) groups excluding carboxylic acids is 1. The highest BCUT2D eigenvalue weighted by atomic mass is 19.1. The van der Waals surface area contributed by atoms with Gasteiger partial charge in [-0.1, -0.05) is 0 Å². The van der Waals surface area contributed by atoms with Crippen molar-refractivity contribution in [2.45, 2.75) is 26.4 Å². The second-order valence-electron chi connectivity index (χ2n) is 8.68. The van der Waals surface area contributed by atoms with Crippen molar-refractivity contribution in [2.24, 2.45) is 0 Å². The number of halogens is 2. The molecule has 1 amide bonds. The molecule has 0 radical (unpaired) electrons. The van der Waals surface area contributed by atoms with Gasteiger partial charge in [-0.15, -0.1) is 0 Å². The Labute approximate surface area is 200 Å². The molecule has 35 heavy (non-hydrogen) atoms. The van der Waals surface area contributed by atoms with Crippen LogP contribution < -0.4 is 0 Å². The summed E-state index contributed by atoms with van der Waals surface area (Å²) in [5.74, 6) is -1.09. The Morgan fingerprint density at radius 3 is 2.71 bits per heavy atom. The third kappa shape index (κ3) is 4.37. The molecule has 0 aliphatic carbocycles. The first-order valence-electron chi connectivity index (χ1n) is 11.3. The number of aromatic amines is 1. The topological polar surface area (TPSA) is 84.7 Å². The number of amides is 1. The van der Waals surface area contributed by atoms with E-state index in [4.69, 9.17) is 9.47 Å². The number of hydrogen-bond acceptors (Lipinski definition) is 5. The highest BCUT2D eigenvalue weighted by Gasteiger charge is 2.29. The van der Waals surface area contributed by atoms with Crippen LogP contribution in [0.15, 0.2) is 36.7 Å². The van der Waals surface area contributed by atoms with Crippen molar-refractivity contribution >= 4 is 11.7 Å². The van der Waals surface area contributed by atoms with Gasteiger partial charge in [0.1, 0.15) is 23.1 Å². The molecule has 0 saturated carbocycles. The van der Waals surface area contributed by atoms with Crippen molar-refractivity contribution in [3.8, 4) is 22.6 Å². The highest BCUT2D eigenvalue weighted by molar-refractivity contribution is 5.72. The smallest absolute Gasteiger partial charge is 0.409 e. The Morgan fingerprint density at radius 2 is 2.03 bits per heavy atom. The zero-order chi connectivity index (χ0) is 24.7. The molecule has 3 aromatic heterocycles. The second kappa shape index (κ2) is 9.10. The van der Waals surface area contributed by atoms with Gasteiger partial charge in [0.2, 0.25) is 0 Å². The minimum Gasteiger partial charge on any atom is -0.453 e. The molecule has 1 N–H and O–H groups in total. The predicted molar refractivity (Wildman–Crippen MR) is 125 cm³/mol. The first-order chi connectivity index (χ1) is 16.8. The van der Waals surface area contributed by atoms with E-state index in [2.05, 4.69) is 15.0 Å². The zero-order valence-electron chi connectivity index (χ0n) is 19.6. The number of ether oxygens (including phenoxy) is 2. The monoisotopic (exact) mass is 481 g/mol. The Bertz CT molecular complexity index is 1390. The van der Waals surface area contributed by atoms with E-state index in [1.807, 2.05) is 36.6 Å². The molecular weight excluding hydrogens is 456 g/mol. The maximum Gasteiger partial charge on any atom is 0.409 e. The van der Waals surface area contributed by atoms with Crippen molar-refractivity contribution < 1.29 is 23.0 Å². The molecule has 182 valence electrons. The van der Waals surface area contributed by atoms with Crippen LogP contribution in [0.25, 0.3) is 28.3 Å². The quantitative estimate of drug-likeness (QED) is 0.470. The van der Waals surface area contributed by atoms with E-state index in [1.165, 1.54) is 19.2 Å². The van der Waals surface area contributed by atoms with E-state index in [9.17, 15) is 4.79 Å². The molecule has 1 atom stereocenters. The molecule has 1 saturated heterocycles. The predicted octanol–water partition coefficient (Wildman–Crippen LogP) is 4.30. The van der Waals surface area contributed by atoms with Gasteiger partial charge >= 0.3 is 6.09 Å². The van der Waals surface area contributed by atoms with Crippen LogP contribution >= 0.6 is 0 Å². The number of carbonyl (C=O) groups is 1. The fourth-order valence-electron chi connectivity index (χ4n) is 4.44. The molecular formula is C25H25F2N5O3. The highest BCUT2D eigenvalue weighted by Crippen LogP contribution is 2.33. The van der Waals surface area contributed by atoms with Crippen LogP contribution in [0.1, 0.15) is 17.0 Å². The van der Waals surface area contributed by atoms with Crippen LogP contribution in [0.2, 0.25) is 0 Å². The number of morpholine rings is 1. The van der Waals surface area contributed by atoms with E-state index in [1.54, 1.807) is 11.1 Å². The SMILES string of the molecule is COC(=O)N1CCO[C@@H](Cc2c(-c3c(F)cc(-c4ncc(C)[nH]4)cc3F)nc3cc(C)ccn23)C1. The molecule has 0 spiro atoms. The van der Waals surface area contributed by atoms with Gasteiger partial charge in [0.25, 0.3) is 0 Å². The third-order valence-corrected chi connectivity index (χ3v) is 6.13. The third-order valence-electron chi connectivity index (χ3n) is 6.13. The summed E-state index contributed by atoms with van der Waals surface area (Å²) in [6, 6.07) is 6.27. The summed E-state index contributed by atoms with van der Waals surface area (Å²) in [6.45, 7) is 4.79. The number of imidazole rings is 2. The largest absolute Gasteiger partial charge is 0.453 e. The summed E-state index contributed by atoms with van der Waals surface area (Å²) >= 11 is 0. The van der Waals surface area contributed by atoms with Crippen LogP contribution in [-0.4, -0.2) is 63.3 Å². The van der Waals surface area contributed by atoms with Gasteiger partial charge in [-0.2, -0.15) is 0 Å². The van der Waals surface area contributed by atoms with Gasteiger partial charge in [0, 0.05) is 36.6 Å². The molecule has 0 bridgehead atoms. The molecule has 0 unspecified atom stereocenters. The van der Waals surface area contributed by atoms with Crippen LogP contribution in [0.5, 0.6) is 0 Å². The zero-order valence-corrected chi connectivity index (χ0v) is 19.6. The normalized spacial score (nSPS) is 16.1. The van der Waals surface area contributed by atoms with Crippen LogP contribution in [0, 0.1) is 25.5 Å². The number of aromatic nitrogens is 4. The summed E-state index contributed by atoms with van der Waals surface area (Å²) in [4.78, 5) is 25.3. The molecule has 4 heterocycles. The standard InChI is InChI=1S/C25H25F2N5O3/c1-14-4-5-32-20(11-17-13-31(6-7-35-17)25(33)34-3)23(30-21(32)8-14)22-18(26)9-16(10-19(22)27)24-28-12-15(2)29-24/h4-5,8-10,12,17H,6-7,11,13H2,1-3H3,(H,28,29)/t17-/m0/s1. The number of fused-ring (bicyclic) bond motifs is 1. The lowest BCUT2D eigenvalue weighted by Gasteiger charge is -2.32. The minimum absolute atomic E-state index is 0.201. The molecule has 8 nitrogen and oxygen atoms in total. The van der Waals surface area contributed by atoms with Gasteiger partial charge in [-0.25, -0.2) is 23.5 Å². The second-order valence-corrected chi connectivity index (χ2v) is 8.68. The Hall–Kier alpha value is -3.79. The number of methoxy groups -OCH3 is 1. The molecule has 1 fully saturated rings. The molecule has 1 aliphatic heterocycles. The van der Waals surface area contributed by atoms with E-state index >= 15 is 8.78 Å². The Morgan fingerprint density at radius 1 is 1.26 bits per heavy atom. The Balaban J connectivity index is 1.58. The minimum atomic E-state index is -0.740. The number of benzene rings is 1. The number of nitrogens with one attached hydrogen (secondary N) is 1.